The fourth-order valence-corrected chi connectivity index (χ4v) is 2.95. The second-order valence-corrected chi connectivity index (χ2v) is 6.73. The van der Waals surface area contributed by atoms with E-state index < -0.39 is 11.9 Å². The maximum Gasteiger partial charge on any atom is 0.321 e. The van der Waals surface area contributed by atoms with Gasteiger partial charge >= 0.3 is 6.03 Å². The normalized spacial score (nSPS) is 10.4. The van der Waals surface area contributed by atoms with Crippen molar-refractivity contribution in [1.82, 2.24) is 30.8 Å². The number of thioether (sulfide) groups is 1. The molecule has 2 aromatic carbocycles. The van der Waals surface area contributed by atoms with Gasteiger partial charge in [-0.2, -0.15) is 4.68 Å². The Hall–Kier alpha value is -2.91. The Balaban J connectivity index is 1.49. The molecule has 3 amide bonds. The van der Waals surface area contributed by atoms with Crippen LogP contribution in [-0.4, -0.2) is 37.9 Å². The average molecular weight is 403 g/mol. The van der Waals surface area contributed by atoms with Crippen molar-refractivity contribution in [3.8, 4) is 5.69 Å². The number of imide groups is 1. The molecule has 2 N–H and O–H groups in total. The van der Waals surface area contributed by atoms with Crippen LogP contribution in [0.25, 0.3) is 5.69 Å². The molecule has 0 aliphatic carbocycles. The van der Waals surface area contributed by atoms with Gasteiger partial charge in [0.05, 0.1) is 11.4 Å². The number of aromatic nitrogens is 4. The fraction of sp³-hybridized carbons (Fsp3) is 0.118. The molecule has 0 aliphatic heterocycles. The highest BCUT2D eigenvalue weighted by Crippen LogP contribution is 2.19. The molecule has 3 aromatic rings. The monoisotopic (exact) mass is 402 g/mol. The first-order chi connectivity index (χ1) is 13.1. The zero-order chi connectivity index (χ0) is 19.1. The number of benzene rings is 2. The Kier molecular flexibility index (Phi) is 6.39. The van der Waals surface area contributed by atoms with Gasteiger partial charge < -0.3 is 5.32 Å². The smallest absolute Gasteiger partial charge is 0.321 e. The third-order valence-corrected chi connectivity index (χ3v) is 4.56. The SMILES string of the molecule is O=C(CSc1nnnn1-c1ccc(Cl)cc1)NC(=O)NCc1ccccc1. The third-order valence-electron chi connectivity index (χ3n) is 3.39. The standard InChI is InChI=1S/C17H15ClN6O2S/c18-13-6-8-14(9-7-13)24-17(21-22-23-24)27-11-15(25)20-16(26)19-10-12-4-2-1-3-5-12/h1-9H,10-11H2,(H2,19,20,25,26). The molecule has 27 heavy (non-hydrogen) atoms. The lowest BCUT2D eigenvalue weighted by molar-refractivity contribution is -0.117. The van der Waals surface area contributed by atoms with E-state index >= 15 is 0 Å². The number of halogens is 1. The summed E-state index contributed by atoms with van der Waals surface area (Å²) in [4.78, 5) is 23.8. The van der Waals surface area contributed by atoms with Crippen LogP contribution < -0.4 is 10.6 Å². The number of hydrogen-bond donors (Lipinski definition) is 2. The minimum absolute atomic E-state index is 0.00722. The van der Waals surface area contributed by atoms with Gasteiger partial charge in [0, 0.05) is 11.6 Å². The van der Waals surface area contributed by atoms with Gasteiger partial charge in [0.2, 0.25) is 11.1 Å². The Labute approximate surface area is 164 Å². The van der Waals surface area contributed by atoms with Gasteiger partial charge in [-0.1, -0.05) is 53.7 Å². The van der Waals surface area contributed by atoms with Crippen LogP contribution in [0.2, 0.25) is 5.02 Å². The molecule has 1 heterocycles. The molecule has 0 saturated heterocycles. The van der Waals surface area contributed by atoms with Crippen molar-refractivity contribution >= 4 is 35.3 Å². The number of nitrogens with zero attached hydrogens (tertiary/aromatic N) is 4. The van der Waals surface area contributed by atoms with Crippen LogP contribution >= 0.6 is 23.4 Å². The summed E-state index contributed by atoms with van der Waals surface area (Å²) in [5.41, 5.74) is 1.66. The summed E-state index contributed by atoms with van der Waals surface area (Å²) < 4.78 is 1.49. The van der Waals surface area contributed by atoms with Crippen LogP contribution in [-0.2, 0) is 11.3 Å². The second kappa shape index (κ2) is 9.15. The van der Waals surface area contributed by atoms with Crippen LogP contribution in [0.15, 0.2) is 59.8 Å². The summed E-state index contributed by atoms with van der Waals surface area (Å²) in [6, 6.07) is 15.8. The first-order valence-electron chi connectivity index (χ1n) is 7.90. The maximum atomic E-state index is 12.0. The van der Waals surface area contributed by atoms with Crippen molar-refractivity contribution in [2.45, 2.75) is 11.7 Å². The van der Waals surface area contributed by atoms with Crippen molar-refractivity contribution in [2.24, 2.45) is 0 Å². The summed E-state index contributed by atoms with van der Waals surface area (Å²) in [5, 5.41) is 17.3. The van der Waals surface area contributed by atoms with E-state index in [1.54, 1.807) is 24.3 Å². The summed E-state index contributed by atoms with van der Waals surface area (Å²) in [6.07, 6.45) is 0. The Morgan fingerprint density at radius 3 is 2.56 bits per heavy atom. The van der Waals surface area contributed by atoms with Crippen LogP contribution in [0, 0.1) is 0 Å². The molecule has 3 rings (SSSR count). The quantitative estimate of drug-likeness (QED) is 0.614. The maximum absolute atomic E-state index is 12.0. The van der Waals surface area contributed by atoms with Gasteiger partial charge in [-0.15, -0.1) is 5.10 Å². The summed E-state index contributed by atoms with van der Waals surface area (Å²) >= 11 is 6.99. The predicted octanol–water partition coefficient (Wildman–Crippen LogP) is 2.43. The van der Waals surface area contributed by atoms with Gasteiger partial charge in [0.25, 0.3) is 0 Å². The third kappa shape index (κ3) is 5.53. The molecule has 8 nitrogen and oxygen atoms in total. The second-order valence-electron chi connectivity index (χ2n) is 5.35. The highest BCUT2D eigenvalue weighted by Gasteiger charge is 2.13. The summed E-state index contributed by atoms with van der Waals surface area (Å²) in [6.45, 7) is 0.335. The minimum Gasteiger partial charge on any atom is -0.334 e. The van der Waals surface area contributed by atoms with Crippen LogP contribution in [0.1, 0.15) is 5.56 Å². The van der Waals surface area contributed by atoms with E-state index in [4.69, 9.17) is 11.6 Å². The number of hydrogen-bond acceptors (Lipinski definition) is 6. The Morgan fingerprint density at radius 1 is 1.07 bits per heavy atom. The van der Waals surface area contributed by atoms with Gasteiger partial charge in [-0.05, 0) is 40.3 Å². The van der Waals surface area contributed by atoms with Crippen molar-refractivity contribution in [1.29, 1.82) is 0 Å². The molecule has 0 bridgehead atoms. The lowest BCUT2D eigenvalue weighted by Gasteiger charge is -2.07. The molecule has 0 fully saturated rings. The molecule has 0 saturated carbocycles. The first kappa shape index (κ1) is 18.9. The van der Waals surface area contributed by atoms with Crippen molar-refractivity contribution in [3.05, 3.63) is 65.2 Å². The molecular weight excluding hydrogens is 388 g/mol. The Bertz CT molecular complexity index is 917. The lowest BCUT2D eigenvalue weighted by Crippen LogP contribution is -2.40. The molecule has 138 valence electrons. The number of carbonyl (C=O) groups is 2. The van der Waals surface area contributed by atoms with Crippen LogP contribution in [0.4, 0.5) is 4.79 Å². The number of carbonyl (C=O) groups excluding carboxylic acids is 2. The summed E-state index contributed by atoms with van der Waals surface area (Å²) in [7, 11) is 0. The highest BCUT2D eigenvalue weighted by molar-refractivity contribution is 7.99. The van der Waals surface area contributed by atoms with Crippen molar-refractivity contribution in [3.63, 3.8) is 0 Å². The lowest BCUT2D eigenvalue weighted by atomic mass is 10.2. The number of urea groups is 1. The van der Waals surface area contributed by atoms with Gasteiger partial charge in [-0.3, -0.25) is 10.1 Å². The van der Waals surface area contributed by atoms with E-state index in [2.05, 4.69) is 26.2 Å². The van der Waals surface area contributed by atoms with E-state index in [0.717, 1.165) is 17.3 Å². The molecule has 0 aliphatic rings. The van der Waals surface area contributed by atoms with E-state index in [0.29, 0.717) is 22.4 Å². The molecule has 0 atom stereocenters. The zero-order valence-electron chi connectivity index (χ0n) is 14.0. The fourth-order valence-electron chi connectivity index (χ4n) is 2.13. The van der Waals surface area contributed by atoms with E-state index in [-0.39, 0.29) is 5.75 Å². The van der Waals surface area contributed by atoms with Gasteiger partial charge in [0.1, 0.15) is 0 Å². The van der Waals surface area contributed by atoms with Gasteiger partial charge in [-0.25, -0.2) is 4.79 Å². The predicted molar refractivity (Wildman–Crippen MR) is 102 cm³/mol. The largest absolute Gasteiger partial charge is 0.334 e. The number of rotatable bonds is 6. The molecule has 0 radical (unpaired) electrons. The minimum atomic E-state index is -0.554. The topological polar surface area (TPSA) is 102 Å². The van der Waals surface area contributed by atoms with Crippen molar-refractivity contribution < 1.29 is 9.59 Å². The Morgan fingerprint density at radius 2 is 1.81 bits per heavy atom. The molecule has 0 spiro atoms. The van der Waals surface area contributed by atoms with E-state index in [1.807, 2.05) is 30.3 Å². The van der Waals surface area contributed by atoms with Gasteiger partial charge in [0.15, 0.2) is 0 Å². The zero-order valence-corrected chi connectivity index (χ0v) is 15.6. The molecular formula is C17H15ClN6O2S. The molecule has 10 heteroatoms. The van der Waals surface area contributed by atoms with E-state index in [9.17, 15) is 9.59 Å². The van der Waals surface area contributed by atoms with E-state index in [1.165, 1.54) is 4.68 Å². The highest BCUT2D eigenvalue weighted by atomic mass is 35.5. The van der Waals surface area contributed by atoms with Crippen molar-refractivity contribution in [2.75, 3.05) is 5.75 Å². The summed E-state index contributed by atoms with van der Waals surface area (Å²) in [5.74, 6) is -0.455. The number of tetrazole rings is 1. The van der Waals surface area contributed by atoms with Crippen LogP contribution in [0.5, 0.6) is 0 Å². The molecule has 0 unspecified atom stereocenters. The number of amides is 3. The number of nitrogens with one attached hydrogen (secondary N) is 2. The van der Waals surface area contributed by atoms with Crippen LogP contribution in [0.3, 0.4) is 0 Å². The average Bonchev–Trinajstić information content (AvgIpc) is 3.15. The molecule has 1 aromatic heterocycles. The first-order valence-corrected chi connectivity index (χ1v) is 9.27.